The minimum Gasteiger partial charge on any atom is -0.457 e. The minimum absolute atomic E-state index is 0.0706. The molecule has 30 heavy (non-hydrogen) atoms. The van der Waals surface area contributed by atoms with E-state index in [0.29, 0.717) is 18.6 Å². The van der Waals surface area contributed by atoms with Gasteiger partial charge in [0.1, 0.15) is 17.2 Å². The fraction of sp³-hybridized carbons (Fsp3) is 0.316. The van der Waals surface area contributed by atoms with E-state index in [0.717, 1.165) is 12.1 Å². The van der Waals surface area contributed by atoms with Crippen LogP contribution in [0.15, 0.2) is 53.4 Å². The van der Waals surface area contributed by atoms with Crippen LogP contribution < -0.4 is 15.2 Å². The Balaban J connectivity index is 1.64. The Hall–Kier alpha value is -2.79. The zero-order valence-corrected chi connectivity index (χ0v) is 16.4. The molecule has 1 heterocycles. The lowest BCUT2D eigenvalue weighted by Gasteiger charge is -2.29. The zero-order chi connectivity index (χ0) is 21.9. The Morgan fingerprint density at radius 2 is 1.40 bits per heavy atom. The molecular formula is C19H19F3N2O5S. The number of piperidine rings is 1. The van der Waals surface area contributed by atoms with Gasteiger partial charge in [0.25, 0.3) is 0 Å². The number of primary amides is 1. The summed E-state index contributed by atoms with van der Waals surface area (Å²) in [6.45, 7) is 0.418. The van der Waals surface area contributed by atoms with Crippen LogP contribution in [-0.2, 0) is 14.8 Å². The Kier molecular flexibility index (Phi) is 6.22. The maximum Gasteiger partial charge on any atom is 0.573 e. The van der Waals surface area contributed by atoms with Gasteiger partial charge in [0.15, 0.2) is 0 Å². The van der Waals surface area contributed by atoms with Crippen molar-refractivity contribution in [3.05, 3.63) is 48.5 Å². The highest BCUT2D eigenvalue weighted by Crippen LogP contribution is 2.29. The lowest BCUT2D eigenvalue weighted by atomic mass is 9.98. The lowest BCUT2D eigenvalue weighted by Crippen LogP contribution is -2.41. The monoisotopic (exact) mass is 444 g/mol. The molecule has 0 radical (unpaired) electrons. The number of benzene rings is 2. The van der Waals surface area contributed by atoms with E-state index in [9.17, 15) is 26.4 Å². The molecule has 162 valence electrons. The summed E-state index contributed by atoms with van der Waals surface area (Å²) in [4.78, 5) is 11.3. The van der Waals surface area contributed by atoms with E-state index in [2.05, 4.69) is 4.74 Å². The van der Waals surface area contributed by atoms with Crippen molar-refractivity contribution in [3.8, 4) is 17.2 Å². The van der Waals surface area contributed by atoms with E-state index in [4.69, 9.17) is 10.5 Å². The summed E-state index contributed by atoms with van der Waals surface area (Å²) in [5, 5.41) is 0. The van der Waals surface area contributed by atoms with Crippen molar-refractivity contribution in [2.45, 2.75) is 24.1 Å². The number of ether oxygens (including phenoxy) is 2. The van der Waals surface area contributed by atoms with Crippen molar-refractivity contribution in [3.63, 3.8) is 0 Å². The molecule has 1 aliphatic rings. The van der Waals surface area contributed by atoms with Crippen molar-refractivity contribution < 1.29 is 35.9 Å². The van der Waals surface area contributed by atoms with Crippen molar-refractivity contribution in [1.82, 2.24) is 4.31 Å². The van der Waals surface area contributed by atoms with Crippen molar-refractivity contribution in [2.24, 2.45) is 11.7 Å². The zero-order valence-electron chi connectivity index (χ0n) is 15.6. The molecule has 2 N–H and O–H groups in total. The van der Waals surface area contributed by atoms with E-state index < -0.39 is 22.3 Å². The van der Waals surface area contributed by atoms with Gasteiger partial charge in [0.05, 0.1) is 4.90 Å². The molecule has 1 amide bonds. The fourth-order valence-electron chi connectivity index (χ4n) is 3.05. The third kappa shape index (κ3) is 5.42. The molecule has 1 saturated heterocycles. The van der Waals surface area contributed by atoms with Crippen LogP contribution in [0.1, 0.15) is 12.8 Å². The molecule has 2 aromatic carbocycles. The molecule has 0 spiro atoms. The second-order valence-electron chi connectivity index (χ2n) is 6.67. The molecule has 0 atom stereocenters. The summed E-state index contributed by atoms with van der Waals surface area (Å²) in [5.41, 5.74) is 5.27. The summed E-state index contributed by atoms with van der Waals surface area (Å²) < 4.78 is 72.7. The maximum absolute atomic E-state index is 12.7. The number of amides is 1. The topological polar surface area (TPSA) is 98.9 Å². The third-order valence-corrected chi connectivity index (χ3v) is 6.52. The van der Waals surface area contributed by atoms with Crippen LogP contribution in [0.4, 0.5) is 13.2 Å². The molecule has 0 unspecified atom stereocenters. The predicted octanol–water partition coefficient (Wildman–Crippen LogP) is 3.26. The summed E-state index contributed by atoms with van der Waals surface area (Å²) in [6, 6.07) is 10.5. The van der Waals surface area contributed by atoms with Crippen LogP contribution in [0.25, 0.3) is 0 Å². The van der Waals surface area contributed by atoms with Gasteiger partial charge in [-0.25, -0.2) is 8.42 Å². The van der Waals surface area contributed by atoms with Gasteiger partial charge in [-0.3, -0.25) is 4.79 Å². The summed E-state index contributed by atoms with van der Waals surface area (Å²) in [5.74, 6) is -0.553. The Morgan fingerprint density at radius 1 is 0.933 bits per heavy atom. The van der Waals surface area contributed by atoms with Crippen LogP contribution >= 0.6 is 0 Å². The highest BCUT2D eigenvalue weighted by molar-refractivity contribution is 7.89. The molecule has 7 nitrogen and oxygen atoms in total. The highest BCUT2D eigenvalue weighted by Gasteiger charge is 2.32. The second kappa shape index (κ2) is 8.52. The smallest absolute Gasteiger partial charge is 0.457 e. The molecule has 0 aromatic heterocycles. The van der Waals surface area contributed by atoms with E-state index in [1.54, 1.807) is 0 Å². The minimum atomic E-state index is -4.78. The molecule has 3 rings (SSSR count). The van der Waals surface area contributed by atoms with Crippen LogP contribution in [0, 0.1) is 5.92 Å². The van der Waals surface area contributed by atoms with E-state index in [1.165, 1.54) is 40.7 Å². The SMILES string of the molecule is NC(=O)C1CCN(S(=O)(=O)c2ccc(Oc3ccc(OC(F)(F)F)cc3)cc2)CC1. The first kappa shape index (κ1) is 21.9. The van der Waals surface area contributed by atoms with Crippen LogP contribution in [-0.4, -0.2) is 38.1 Å². The molecule has 0 saturated carbocycles. The molecule has 1 fully saturated rings. The average Bonchev–Trinajstić information content (AvgIpc) is 2.69. The van der Waals surface area contributed by atoms with Crippen molar-refractivity contribution in [2.75, 3.05) is 13.1 Å². The number of hydrogen-bond acceptors (Lipinski definition) is 5. The number of halogens is 3. The number of nitrogens with two attached hydrogens (primary N) is 1. The number of hydrogen-bond donors (Lipinski definition) is 1. The van der Waals surface area contributed by atoms with Gasteiger partial charge < -0.3 is 15.2 Å². The Morgan fingerprint density at radius 3 is 1.87 bits per heavy atom. The standard InChI is InChI=1S/C19H19F3N2O5S/c20-19(21,22)29-16-3-1-14(2-4-16)28-15-5-7-17(8-6-15)30(26,27)24-11-9-13(10-12-24)18(23)25/h1-8,13H,9-12H2,(H2,23,25). The first-order valence-corrected chi connectivity index (χ1v) is 10.4. The summed E-state index contributed by atoms with van der Waals surface area (Å²) in [6.07, 6.45) is -4.02. The first-order chi connectivity index (χ1) is 14.0. The Bertz CT molecular complexity index is 984. The van der Waals surface area contributed by atoms with E-state index >= 15 is 0 Å². The lowest BCUT2D eigenvalue weighted by molar-refractivity contribution is -0.274. The predicted molar refractivity (Wildman–Crippen MR) is 100 cm³/mol. The van der Waals surface area contributed by atoms with Crippen LogP contribution in [0.2, 0.25) is 0 Å². The number of carbonyl (C=O) groups is 1. The molecule has 0 bridgehead atoms. The molecular weight excluding hydrogens is 425 g/mol. The maximum atomic E-state index is 12.7. The number of sulfonamides is 1. The quantitative estimate of drug-likeness (QED) is 0.737. The van der Waals surface area contributed by atoms with Gasteiger partial charge in [0, 0.05) is 19.0 Å². The Labute approximate surface area is 171 Å². The van der Waals surface area contributed by atoms with Crippen molar-refractivity contribution in [1.29, 1.82) is 0 Å². The van der Waals surface area contributed by atoms with Crippen molar-refractivity contribution >= 4 is 15.9 Å². The average molecular weight is 444 g/mol. The number of rotatable bonds is 6. The van der Waals surface area contributed by atoms with Crippen LogP contribution in [0.3, 0.4) is 0 Å². The van der Waals surface area contributed by atoms with Gasteiger partial charge in [-0.05, 0) is 61.4 Å². The van der Waals surface area contributed by atoms with E-state index in [1.807, 2.05) is 0 Å². The highest BCUT2D eigenvalue weighted by atomic mass is 32.2. The molecule has 1 aliphatic heterocycles. The van der Waals surface area contributed by atoms with Gasteiger partial charge in [-0.15, -0.1) is 13.2 Å². The van der Waals surface area contributed by atoms with Gasteiger partial charge in [-0.2, -0.15) is 4.31 Å². The number of alkyl halides is 3. The third-order valence-electron chi connectivity index (χ3n) is 4.61. The largest absolute Gasteiger partial charge is 0.573 e. The summed E-state index contributed by atoms with van der Waals surface area (Å²) in [7, 11) is -3.72. The van der Waals surface area contributed by atoms with Gasteiger partial charge in [0.2, 0.25) is 15.9 Å². The molecule has 0 aliphatic carbocycles. The van der Waals surface area contributed by atoms with E-state index in [-0.39, 0.29) is 35.4 Å². The number of carbonyl (C=O) groups excluding carboxylic acids is 1. The second-order valence-corrected chi connectivity index (χ2v) is 8.61. The normalized spacial score (nSPS) is 16.2. The summed E-state index contributed by atoms with van der Waals surface area (Å²) >= 11 is 0. The molecule has 2 aromatic rings. The molecule has 11 heteroatoms. The number of nitrogens with zero attached hydrogens (tertiary/aromatic N) is 1. The van der Waals surface area contributed by atoms with Crippen LogP contribution in [0.5, 0.6) is 17.2 Å². The fourth-order valence-corrected chi connectivity index (χ4v) is 4.52. The first-order valence-electron chi connectivity index (χ1n) is 8.98. The van der Waals surface area contributed by atoms with Gasteiger partial charge >= 0.3 is 6.36 Å². The van der Waals surface area contributed by atoms with Gasteiger partial charge in [-0.1, -0.05) is 0 Å².